The molecular weight excluding hydrogens is 353 g/mol. The molecule has 1 aliphatic heterocycles. The van der Waals surface area contributed by atoms with Crippen molar-refractivity contribution < 1.29 is 4.39 Å². The Hall–Kier alpha value is -3.30. The first-order valence-corrected chi connectivity index (χ1v) is 9.31. The zero-order valence-corrected chi connectivity index (χ0v) is 15.3. The van der Waals surface area contributed by atoms with Crippen molar-refractivity contribution in [1.29, 1.82) is 5.26 Å². The summed E-state index contributed by atoms with van der Waals surface area (Å²) < 4.78 is 13.3. The van der Waals surface area contributed by atoms with Gasteiger partial charge in [0, 0.05) is 23.9 Å². The van der Waals surface area contributed by atoms with Crippen LogP contribution in [0.1, 0.15) is 12.0 Å². The highest BCUT2D eigenvalue weighted by molar-refractivity contribution is 5.81. The molecule has 5 nitrogen and oxygen atoms in total. The molecule has 2 aromatic carbocycles. The average Bonchev–Trinajstić information content (AvgIpc) is 3.27. The van der Waals surface area contributed by atoms with Gasteiger partial charge in [-0.2, -0.15) is 5.26 Å². The quantitative estimate of drug-likeness (QED) is 0.711. The van der Waals surface area contributed by atoms with Crippen LogP contribution < -0.4 is 10.6 Å². The third kappa shape index (κ3) is 4.00. The summed E-state index contributed by atoms with van der Waals surface area (Å²) in [4.78, 5) is 9.21. The predicted molar refractivity (Wildman–Crippen MR) is 107 cm³/mol. The topological polar surface area (TPSA) is 73.6 Å². The monoisotopic (exact) mass is 373 g/mol. The number of hydrogen-bond acceptors (Lipinski definition) is 5. The van der Waals surface area contributed by atoms with Crippen molar-refractivity contribution in [3.8, 4) is 28.5 Å². The first kappa shape index (κ1) is 18.1. The molecule has 0 spiro atoms. The molecule has 6 heteroatoms. The van der Waals surface area contributed by atoms with Crippen LogP contribution in [0.4, 0.5) is 10.3 Å². The third-order valence-corrected chi connectivity index (χ3v) is 4.94. The van der Waals surface area contributed by atoms with Gasteiger partial charge < -0.3 is 10.6 Å². The van der Waals surface area contributed by atoms with E-state index in [1.54, 1.807) is 30.5 Å². The molecule has 0 bridgehead atoms. The Bertz CT molecular complexity index is 987. The summed E-state index contributed by atoms with van der Waals surface area (Å²) in [5.41, 5.74) is 3.88. The summed E-state index contributed by atoms with van der Waals surface area (Å²) in [6, 6.07) is 15.7. The average molecular weight is 373 g/mol. The van der Waals surface area contributed by atoms with E-state index in [4.69, 9.17) is 10.2 Å². The van der Waals surface area contributed by atoms with Gasteiger partial charge >= 0.3 is 0 Å². The van der Waals surface area contributed by atoms with Gasteiger partial charge in [-0.05, 0) is 55.3 Å². The standard InChI is InChI=1S/C22H20FN5/c23-19-7-5-17(6-8-19)20-14-27-22(26-13-16-9-10-25-12-16)28-21(20)18-3-1-15(11-24)2-4-18/h1-8,14,16,25H,9-10,12-13H2,(H,26,27,28). The highest BCUT2D eigenvalue weighted by Gasteiger charge is 2.16. The second-order valence-corrected chi connectivity index (χ2v) is 6.89. The van der Waals surface area contributed by atoms with Crippen molar-refractivity contribution in [2.45, 2.75) is 6.42 Å². The maximum Gasteiger partial charge on any atom is 0.223 e. The molecule has 0 amide bonds. The molecule has 0 radical (unpaired) electrons. The lowest BCUT2D eigenvalue weighted by Crippen LogP contribution is -2.18. The van der Waals surface area contributed by atoms with Crippen LogP contribution in [0.15, 0.2) is 54.7 Å². The lowest BCUT2D eigenvalue weighted by molar-refractivity contribution is 0.613. The molecule has 1 unspecified atom stereocenters. The Morgan fingerprint density at radius 1 is 1.11 bits per heavy atom. The molecule has 140 valence electrons. The molecule has 28 heavy (non-hydrogen) atoms. The van der Waals surface area contributed by atoms with Gasteiger partial charge in [0.2, 0.25) is 5.95 Å². The Labute approximate surface area is 163 Å². The van der Waals surface area contributed by atoms with Gasteiger partial charge in [-0.1, -0.05) is 24.3 Å². The molecule has 1 atom stereocenters. The molecule has 0 saturated carbocycles. The van der Waals surface area contributed by atoms with Gasteiger partial charge in [0.1, 0.15) is 5.82 Å². The summed E-state index contributed by atoms with van der Waals surface area (Å²) in [7, 11) is 0. The van der Waals surface area contributed by atoms with Gasteiger partial charge in [-0.3, -0.25) is 0 Å². The lowest BCUT2D eigenvalue weighted by atomic mass is 10.00. The Balaban J connectivity index is 1.69. The van der Waals surface area contributed by atoms with Crippen molar-refractivity contribution >= 4 is 5.95 Å². The molecule has 1 fully saturated rings. The number of benzene rings is 2. The maximum atomic E-state index is 13.3. The largest absolute Gasteiger partial charge is 0.354 e. The van der Waals surface area contributed by atoms with Crippen LogP contribution in [-0.2, 0) is 0 Å². The summed E-state index contributed by atoms with van der Waals surface area (Å²) in [5, 5.41) is 15.7. The number of anilines is 1. The number of nitriles is 1. The van der Waals surface area contributed by atoms with E-state index in [0.29, 0.717) is 17.4 Å². The molecule has 0 aliphatic carbocycles. The lowest BCUT2D eigenvalue weighted by Gasteiger charge is -2.14. The first-order chi connectivity index (χ1) is 13.7. The molecular formula is C22H20FN5. The minimum absolute atomic E-state index is 0.284. The van der Waals surface area contributed by atoms with E-state index in [0.717, 1.165) is 48.4 Å². The molecule has 1 aliphatic rings. The van der Waals surface area contributed by atoms with Gasteiger partial charge in [-0.25, -0.2) is 14.4 Å². The summed E-state index contributed by atoms with van der Waals surface area (Å²) in [6.45, 7) is 2.87. The van der Waals surface area contributed by atoms with Crippen molar-refractivity contribution in [3.63, 3.8) is 0 Å². The summed E-state index contributed by atoms with van der Waals surface area (Å²) in [6.07, 6.45) is 2.91. The number of halogens is 1. The fourth-order valence-electron chi connectivity index (χ4n) is 3.35. The van der Waals surface area contributed by atoms with Crippen molar-refractivity contribution in [3.05, 3.63) is 66.1 Å². The van der Waals surface area contributed by atoms with Crippen molar-refractivity contribution in [2.75, 3.05) is 25.0 Å². The maximum absolute atomic E-state index is 13.3. The third-order valence-electron chi connectivity index (χ3n) is 4.94. The minimum Gasteiger partial charge on any atom is -0.354 e. The van der Waals surface area contributed by atoms with Crippen LogP contribution in [0.2, 0.25) is 0 Å². The highest BCUT2D eigenvalue weighted by atomic mass is 19.1. The summed E-state index contributed by atoms with van der Waals surface area (Å²) in [5.74, 6) is 0.851. The summed E-state index contributed by atoms with van der Waals surface area (Å²) >= 11 is 0. The van der Waals surface area contributed by atoms with Gasteiger partial charge in [-0.15, -0.1) is 0 Å². The van der Waals surface area contributed by atoms with E-state index in [1.165, 1.54) is 12.1 Å². The van der Waals surface area contributed by atoms with E-state index in [2.05, 4.69) is 21.7 Å². The number of nitrogens with one attached hydrogen (secondary N) is 2. The number of nitrogens with zero attached hydrogens (tertiary/aromatic N) is 3. The second kappa shape index (κ2) is 8.15. The highest BCUT2D eigenvalue weighted by Crippen LogP contribution is 2.31. The van der Waals surface area contributed by atoms with Crippen LogP contribution in [0.5, 0.6) is 0 Å². The molecule has 1 aromatic heterocycles. The smallest absolute Gasteiger partial charge is 0.223 e. The fourth-order valence-corrected chi connectivity index (χ4v) is 3.35. The van der Waals surface area contributed by atoms with E-state index < -0.39 is 0 Å². The van der Waals surface area contributed by atoms with Crippen LogP contribution in [0.25, 0.3) is 22.4 Å². The Kier molecular flexibility index (Phi) is 5.27. The van der Waals surface area contributed by atoms with Crippen molar-refractivity contribution in [2.24, 2.45) is 5.92 Å². The van der Waals surface area contributed by atoms with Crippen LogP contribution in [0, 0.1) is 23.1 Å². The van der Waals surface area contributed by atoms with E-state index >= 15 is 0 Å². The van der Waals surface area contributed by atoms with Crippen LogP contribution >= 0.6 is 0 Å². The number of aromatic nitrogens is 2. The van der Waals surface area contributed by atoms with Gasteiger partial charge in [0.25, 0.3) is 0 Å². The van der Waals surface area contributed by atoms with E-state index in [-0.39, 0.29) is 5.82 Å². The fraction of sp³-hybridized carbons (Fsp3) is 0.227. The molecule has 4 rings (SSSR count). The Morgan fingerprint density at radius 2 is 1.86 bits per heavy atom. The number of hydrogen-bond donors (Lipinski definition) is 2. The van der Waals surface area contributed by atoms with E-state index in [9.17, 15) is 4.39 Å². The normalized spacial score (nSPS) is 15.9. The molecule has 3 aromatic rings. The Morgan fingerprint density at radius 3 is 2.54 bits per heavy atom. The van der Waals surface area contributed by atoms with E-state index in [1.807, 2.05) is 12.1 Å². The van der Waals surface area contributed by atoms with Gasteiger partial charge in [0.15, 0.2) is 0 Å². The second-order valence-electron chi connectivity index (χ2n) is 6.89. The SMILES string of the molecule is N#Cc1ccc(-c2nc(NCC3CCNC3)ncc2-c2ccc(F)cc2)cc1. The number of rotatable bonds is 5. The minimum atomic E-state index is -0.284. The molecule has 1 saturated heterocycles. The molecule has 2 heterocycles. The van der Waals surface area contributed by atoms with Gasteiger partial charge in [0.05, 0.1) is 17.3 Å². The zero-order valence-electron chi connectivity index (χ0n) is 15.3. The zero-order chi connectivity index (χ0) is 19.3. The van der Waals surface area contributed by atoms with Crippen molar-refractivity contribution in [1.82, 2.24) is 15.3 Å². The predicted octanol–water partition coefficient (Wildman–Crippen LogP) is 3.84. The van der Waals surface area contributed by atoms with Crippen LogP contribution in [-0.4, -0.2) is 29.6 Å². The molecule has 2 N–H and O–H groups in total. The first-order valence-electron chi connectivity index (χ1n) is 9.31. The van der Waals surface area contributed by atoms with Crippen LogP contribution in [0.3, 0.4) is 0 Å².